The number of hydrogen-bond acceptors (Lipinski definition) is 7. The highest BCUT2D eigenvalue weighted by Crippen LogP contribution is 2.31. The predicted octanol–water partition coefficient (Wildman–Crippen LogP) is 3.36. The number of thioether (sulfide) groups is 1. The molecule has 0 saturated heterocycles. The molecule has 4 aromatic rings. The maximum Gasteiger partial charge on any atom is 0.275 e. The van der Waals surface area contributed by atoms with Crippen molar-refractivity contribution in [3.63, 3.8) is 0 Å². The fourth-order valence-corrected chi connectivity index (χ4v) is 5.05. The third-order valence-corrected chi connectivity index (χ3v) is 6.29. The van der Waals surface area contributed by atoms with Gasteiger partial charge in [0, 0.05) is 11.8 Å². The number of fused-ring (bicyclic) bond motifs is 2. The van der Waals surface area contributed by atoms with E-state index in [-0.39, 0.29) is 5.56 Å². The van der Waals surface area contributed by atoms with Crippen molar-refractivity contribution >= 4 is 49.6 Å². The molecule has 0 saturated carbocycles. The van der Waals surface area contributed by atoms with E-state index in [1.54, 1.807) is 23.1 Å². The molecule has 110 valence electrons. The molecule has 0 aliphatic rings. The third-order valence-electron chi connectivity index (χ3n) is 3.01. The number of benzene rings is 1. The largest absolute Gasteiger partial charge is 0.275 e. The molecular weight excluding hydrogens is 336 g/mol. The van der Waals surface area contributed by atoms with Gasteiger partial charge in [0.15, 0.2) is 4.34 Å². The number of thiazole rings is 1. The molecule has 0 fully saturated rings. The van der Waals surface area contributed by atoms with Gasteiger partial charge < -0.3 is 0 Å². The molecule has 0 aliphatic carbocycles. The smallest absolute Gasteiger partial charge is 0.267 e. The molecule has 0 atom stereocenters. The first-order valence-electron chi connectivity index (χ1n) is 6.54. The Labute approximate surface area is 137 Å². The number of hydrogen-bond donors (Lipinski definition) is 0. The van der Waals surface area contributed by atoms with Gasteiger partial charge in [-0.3, -0.25) is 4.79 Å². The Morgan fingerprint density at radius 2 is 2.09 bits per heavy atom. The molecule has 5 nitrogen and oxygen atoms in total. The summed E-state index contributed by atoms with van der Waals surface area (Å²) >= 11 is 4.76. The van der Waals surface area contributed by atoms with Gasteiger partial charge in [0.1, 0.15) is 5.01 Å². The minimum atomic E-state index is -0.130. The van der Waals surface area contributed by atoms with Crippen molar-refractivity contribution in [2.75, 3.05) is 0 Å². The van der Waals surface area contributed by atoms with Gasteiger partial charge in [0.05, 0.1) is 16.0 Å². The molecule has 0 N–H and O–H groups in total. The van der Waals surface area contributed by atoms with E-state index in [0.29, 0.717) is 10.7 Å². The molecule has 0 bridgehead atoms. The second kappa shape index (κ2) is 5.45. The molecule has 3 aromatic heterocycles. The van der Waals surface area contributed by atoms with Crippen molar-refractivity contribution in [1.82, 2.24) is 19.6 Å². The first kappa shape index (κ1) is 13.9. The van der Waals surface area contributed by atoms with Crippen LogP contribution in [0.3, 0.4) is 0 Å². The molecule has 4 rings (SSSR count). The minimum absolute atomic E-state index is 0.130. The van der Waals surface area contributed by atoms with Crippen LogP contribution in [-0.2, 0) is 5.75 Å². The van der Waals surface area contributed by atoms with Crippen molar-refractivity contribution in [1.29, 1.82) is 0 Å². The van der Waals surface area contributed by atoms with Crippen LogP contribution in [0.5, 0.6) is 0 Å². The maximum absolute atomic E-state index is 11.9. The van der Waals surface area contributed by atoms with E-state index in [4.69, 9.17) is 0 Å². The van der Waals surface area contributed by atoms with E-state index in [0.717, 1.165) is 20.6 Å². The lowest BCUT2D eigenvalue weighted by atomic mass is 10.3. The van der Waals surface area contributed by atoms with Crippen LogP contribution >= 0.6 is 34.4 Å². The van der Waals surface area contributed by atoms with Gasteiger partial charge in [-0.05, 0) is 19.1 Å². The Balaban J connectivity index is 1.61. The maximum atomic E-state index is 11.9. The van der Waals surface area contributed by atoms with Crippen molar-refractivity contribution in [3.05, 3.63) is 51.4 Å². The zero-order valence-electron chi connectivity index (χ0n) is 11.5. The van der Waals surface area contributed by atoms with Crippen LogP contribution in [0.15, 0.2) is 39.5 Å². The third kappa shape index (κ3) is 2.53. The number of para-hydroxylation sites is 1. The Hall–Kier alpha value is -1.77. The summed E-state index contributed by atoms with van der Waals surface area (Å²) in [7, 11) is 0. The molecule has 0 amide bonds. The summed E-state index contributed by atoms with van der Waals surface area (Å²) in [6.45, 7) is 1.82. The second-order valence-corrected chi connectivity index (χ2v) is 7.96. The van der Waals surface area contributed by atoms with Gasteiger partial charge in [-0.1, -0.05) is 35.2 Å². The normalized spacial score (nSPS) is 11.5. The van der Waals surface area contributed by atoms with Crippen LogP contribution < -0.4 is 5.56 Å². The van der Waals surface area contributed by atoms with Gasteiger partial charge in [-0.2, -0.15) is 9.61 Å². The van der Waals surface area contributed by atoms with Gasteiger partial charge in [0.2, 0.25) is 4.96 Å². The van der Waals surface area contributed by atoms with Gasteiger partial charge in [-0.15, -0.1) is 11.3 Å². The van der Waals surface area contributed by atoms with E-state index in [1.165, 1.54) is 26.6 Å². The van der Waals surface area contributed by atoms with E-state index in [9.17, 15) is 4.79 Å². The summed E-state index contributed by atoms with van der Waals surface area (Å²) in [4.78, 5) is 21.4. The van der Waals surface area contributed by atoms with Crippen LogP contribution in [0.4, 0.5) is 0 Å². The number of aryl methyl sites for hydroxylation is 1. The number of nitrogens with zero attached hydrogens (tertiary/aromatic N) is 4. The van der Waals surface area contributed by atoms with Crippen LogP contribution in [0.1, 0.15) is 10.7 Å². The highest BCUT2D eigenvalue weighted by atomic mass is 32.2. The van der Waals surface area contributed by atoms with Crippen molar-refractivity contribution in [2.45, 2.75) is 17.0 Å². The number of rotatable bonds is 3. The quantitative estimate of drug-likeness (QED) is 0.532. The van der Waals surface area contributed by atoms with E-state index < -0.39 is 0 Å². The molecule has 8 heteroatoms. The summed E-state index contributed by atoms with van der Waals surface area (Å²) in [5.74, 6) is 0.687. The standard InChI is InChI=1S/C14H10N4OS3/c1-8-6-12(19)18-13(15-8)22-11(17-18)7-20-14-16-9-4-2-3-5-10(9)21-14/h2-6H,7H2,1H3. The molecule has 0 radical (unpaired) electrons. The van der Waals surface area contributed by atoms with Gasteiger partial charge >= 0.3 is 0 Å². The van der Waals surface area contributed by atoms with E-state index in [2.05, 4.69) is 21.1 Å². The minimum Gasteiger partial charge on any atom is -0.267 e. The topological polar surface area (TPSA) is 60.2 Å². The van der Waals surface area contributed by atoms with Gasteiger partial charge in [0.25, 0.3) is 5.56 Å². The van der Waals surface area contributed by atoms with Crippen molar-refractivity contribution < 1.29 is 0 Å². The van der Waals surface area contributed by atoms with E-state index >= 15 is 0 Å². The lowest BCUT2D eigenvalue weighted by Gasteiger charge is -1.91. The summed E-state index contributed by atoms with van der Waals surface area (Å²) in [6, 6.07) is 9.59. The molecular formula is C14H10N4OS3. The second-order valence-electron chi connectivity index (χ2n) is 4.66. The van der Waals surface area contributed by atoms with Gasteiger partial charge in [-0.25, -0.2) is 9.97 Å². The average Bonchev–Trinajstić information content (AvgIpc) is 3.07. The lowest BCUT2D eigenvalue weighted by molar-refractivity contribution is 0.870. The zero-order valence-corrected chi connectivity index (χ0v) is 14.0. The fraction of sp³-hybridized carbons (Fsp3) is 0.143. The Kier molecular flexibility index (Phi) is 3.44. The highest BCUT2D eigenvalue weighted by Gasteiger charge is 2.10. The summed E-state index contributed by atoms with van der Waals surface area (Å²) in [5.41, 5.74) is 1.61. The monoisotopic (exact) mass is 346 g/mol. The molecule has 0 spiro atoms. The summed E-state index contributed by atoms with van der Waals surface area (Å²) in [6.07, 6.45) is 0. The summed E-state index contributed by atoms with van der Waals surface area (Å²) in [5, 5.41) is 5.21. The summed E-state index contributed by atoms with van der Waals surface area (Å²) < 4.78 is 3.56. The molecule has 0 unspecified atom stereocenters. The first-order chi connectivity index (χ1) is 10.7. The van der Waals surface area contributed by atoms with E-state index in [1.807, 2.05) is 25.1 Å². The number of aromatic nitrogens is 4. The molecule has 1 aromatic carbocycles. The van der Waals surface area contributed by atoms with Crippen LogP contribution in [-0.4, -0.2) is 19.6 Å². The van der Waals surface area contributed by atoms with Crippen molar-refractivity contribution in [3.8, 4) is 0 Å². The lowest BCUT2D eigenvalue weighted by Crippen LogP contribution is -2.14. The molecule has 0 aliphatic heterocycles. The van der Waals surface area contributed by atoms with Crippen LogP contribution in [0.25, 0.3) is 15.2 Å². The average molecular weight is 346 g/mol. The zero-order chi connectivity index (χ0) is 15.1. The predicted molar refractivity (Wildman–Crippen MR) is 91.1 cm³/mol. The fourth-order valence-electron chi connectivity index (χ4n) is 2.05. The Morgan fingerprint density at radius 1 is 1.23 bits per heavy atom. The van der Waals surface area contributed by atoms with Crippen LogP contribution in [0, 0.1) is 6.92 Å². The SMILES string of the molecule is Cc1cc(=O)n2nc(CSc3nc4ccccc4s3)sc2n1. The molecule has 22 heavy (non-hydrogen) atoms. The van der Waals surface area contributed by atoms with Crippen molar-refractivity contribution in [2.24, 2.45) is 0 Å². The van der Waals surface area contributed by atoms with Crippen LogP contribution in [0.2, 0.25) is 0 Å². The Morgan fingerprint density at radius 3 is 2.95 bits per heavy atom. The first-order valence-corrected chi connectivity index (χ1v) is 9.16. The Bertz CT molecular complexity index is 1000. The molecule has 3 heterocycles. The highest BCUT2D eigenvalue weighted by molar-refractivity contribution is 8.00.